The van der Waals surface area contributed by atoms with Gasteiger partial charge < -0.3 is 30.5 Å². The minimum absolute atomic E-state index is 0.462. The standard InChI is InChI=1S/C8H15NO6/c1-3(11)9-5-7(13)6(12)4(2-10)15-8(5)14/h4-8,10,12-14H,2H2,1H3,(H,9,11)/t4-,5?,6-,7-,8?/m1/s1. The number of hydrogen-bond acceptors (Lipinski definition) is 6. The largest absolute Gasteiger partial charge is 0.394 e. The van der Waals surface area contributed by atoms with E-state index in [1.54, 1.807) is 0 Å². The zero-order chi connectivity index (χ0) is 11.6. The van der Waals surface area contributed by atoms with Crippen LogP contribution < -0.4 is 5.32 Å². The van der Waals surface area contributed by atoms with Gasteiger partial charge in [0.2, 0.25) is 5.91 Å². The summed E-state index contributed by atoms with van der Waals surface area (Å²) >= 11 is 0. The molecule has 1 heterocycles. The van der Waals surface area contributed by atoms with Gasteiger partial charge in [-0.05, 0) is 0 Å². The van der Waals surface area contributed by atoms with Crippen LogP contribution in [0.2, 0.25) is 0 Å². The van der Waals surface area contributed by atoms with Crippen molar-refractivity contribution in [2.75, 3.05) is 6.61 Å². The SMILES string of the molecule is CC(=O)NC1C(O)O[C@H](CO)[C@@H](O)[C@@H]1O. The number of aliphatic hydroxyl groups excluding tert-OH is 4. The molecule has 7 nitrogen and oxygen atoms in total. The lowest BCUT2D eigenvalue weighted by Gasteiger charge is -2.40. The first-order valence-corrected chi connectivity index (χ1v) is 4.55. The fourth-order valence-electron chi connectivity index (χ4n) is 1.49. The maximum Gasteiger partial charge on any atom is 0.217 e. The van der Waals surface area contributed by atoms with E-state index in [9.17, 15) is 20.1 Å². The summed E-state index contributed by atoms with van der Waals surface area (Å²) in [5, 5.41) is 39.4. The van der Waals surface area contributed by atoms with Crippen LogP contribution in [0.1, 0.15) is 6.92 Å². The minimum Gasteiger partial charge on any atom is -0.394 e. The molecule has 0 aromatic heterocycles. The Balaban J connectivity index is 2.70. The van der Waals surface area contributed by atoms with Crippen LogP contribution in [-0.4, -0.2) is 63.6 Å². The third kappa shape index (κ3) is 2.64. The molecule has 1 amide bonds. The molecule has 0 spiro atoms. The van der Waals surface area contributed by atoms with Gasteiger partial charge in [-0.3, -0.25) is 4.79 Å². The Labute approximate surface area is 86.3 Å². The number of amides is 1. The van der Waals surface area contributed by atoms with Crippen LogP contribution in [0.5, 0.6) is 0 Å². The first-order chi connectivity index (χ1) is 6.97. The second-order valence-electron chi connectivity index (χ2n) is 3.46. The highest BCUT2D eigenvalue weighted by Crippen LogP contribution is 2.19. The van der Waals surface area contributed by atoms with Gasteiger partial charge in [-0.1, -0.05) is 0 Å². The molecule has 0 radical (unpaired) electrons. The topological polar surface area (TPSA) is 119 Å². The quantitative estimate of drug-likeness (QED) is 0.337. The van der Waals surface area contributed by atoms with E-state index in [-0.39, 0.29) is 0 Å². The summed E-state index contributed by atoms with van der Waals surface area (Å²) in [5.41, 5.74) is 0. The maximum atomic E-state index is 10.7. The monoisotopic (exact) mass is 221 g/mol. The van der Waals surface area contributed by atoms with E-state index in [0.29, 0.717) is 0 Å². The molecule has 1 rings (SSSR count). The van der Waals surface area contributed by atoms with Gasteiger partial charge in [-0.2, -0.15) is 0 Å². The predicted molar refractivity (Wildman–Crippen MR) is 47.6 cm³/mol. The molecule has 1 aliphatic rings. The molecule has 15 heavy (non-hydrogen) atoms. The van der Waals surface area contributed by atoms with Gasteiger partial charge in [-0.25, -0.2) is 0 Å². The number of ether oxygens (including phenoxy) is 1. The minimum atomic E-state index is -1.45. The van der Waals surface area contributed by atoms with Crippen LogP contribution in [0.3, 0.4) is 0 Å². The Morgan fingerprint density at radius 1 is 1.33 bits per heavy atom. The molecule has 0 saturated carbocycles. The molecule has 1 aliphatic heterocycles. The molecule has 5 N–H and O–H groups in total. The number of rotatable bonds is 2. The van der Waals surface area contributed by atoms with Gasteiger partial charge in [0.15, 0.2) is 6.29 Å². The average molecular weight is 221 g/mol. The highest BCUT2D eigenvalue weighted by molar-refractivity contribution is 5.73. The van der Waals surface area contributed by atoms with Crippen molar-refractivity contribution in [2.45, 2.75) is 37.6 Å². The summed E-state index contributed by atoms with van der Waals surface area (Å²) in [6.45, 7) is 0.687. The van der Waals surface area contributed by atoms with Crippen LogP contribution in [0.15, 0.2) is 0 Å². The number of hydrogen-bond donors (Lipinski definition) is 5. The zero-order valence-electron chi connectivity index (χ0n) is 8.20. The van der Waals surface area contributed by atoms with E-state index < -0.39 is 43.2 Å². The molecule has 0 aromatic rings. The smallest absolute Gasteiger partial charge is 0.217 e. The number of aliphatic hydroxyl groups is 4. The molecular formula is C8H15NO6. The van der Waals surface area contributed by atoms with Crippen molar-refractivity contribution < 1.29 is 30.0 Å². The van der Waals surface area contributed by atoms with Crippen molar-refractivity contribution >= 4 is 5.91 Å². The lowest BCUT2D eigenvalue weighted by molar-refractivity contribution is -0.253. The summed E-state index contributed by atoms with van der Waals surface area (Å²) in [6, 6.07) is -1.10. The normalized spacial score (nSPS) is 41.3. The third-order valence-corrected chi connectivity index (χ3v) is 2.27. The first-order valence-electron chi connectivity index (χ1n) is 4.55. The van der Waals surface area contributed by atoms with E-state index in [0.717, 1.165) is 0 Å². The lowest BCUT2D eigenvalue weighted by Crippen LogP contribution is -2.63. The Morgan fingerprint density at radius 2 is 1.93 bits per heavy atom. The van der Waals surface area contributed by atoms with Gasteiger partial charge in [0.25, 0.3) is 0 Å². The Morgan fingerprint density at radius 3 is 2.40 bits per heavy atom. The Hall–Kier alpha value is -0.730. The summed E-state index contributed by atoms with van der Waals surface area (Å²) in [5.74, 6) is -0.462. The van der Waals surface area contributed by atoms with Crippen LogP contribution in [0.4, 0.5) is 0 Å². The van der Waals surface area contributed by atoms with E-state index in [2.05, 4.69) is 5.32 Å². The molecule has 0 bridgehead atoms. The highest BCUT2D eigenvalue weighted by Gasteiger charge is 2.43. The van der Waals surface area contributed by atoms with E-state index in [1.165, 1.54) is 6.92 Å². The van der Waals surface area contributed by atoms with Crippen LogP contribution in [0, 0.1) is 0 Å². The van der Waals surface area contributed by atoms with Crippen molar-refractivity contribution in [3.63, 3.8) is 0 Å². The predicted octanol–water partition coefficient (Wildman–Crippen LogP) is -3.08. The van der Waals surface area contributed by atoms with Crippen molar-refractivity contribution in [1.82, 2.24) is 5.32 Å². The number of carbonyl (C=O) groups is 1. The van der Waals surface area contributed by atoms with Gasteiger partial charge in [-0.15, -0.1) is 0 Å². The summed E-state index contributed by atoms with van der Waals surface area (Å²) in [4.78, 5) is 10.7. The van der Waals surface area contributed by atoms with E-state index >= 15 is 0 Å². The van der Waals surface area contributed by atoms with Crippen LogP contribution in [0.25, 0.3) is 0 Å². The molecular weight excluding hydrogens is 206 g/mol. The fraction of sp³-hybridized carbons (Fsp3) is 0.875. The zero-order valence-corrected chi connectivity index (χ0v) is 8.20. The molecule has 1 saturated heterocycles. The van der Waals surface area contributed by atoms with Gasteiger partial charge in [0, 0.05) is 6.92 Å². The Kier molecular flexibility index (Phi) is 4.00. The van der Waals surface area contributed by atoms with E-state index in [4.69, 9.17) is 9.84 Å². The number of carbonyl (C=O) groups excluding carboxylic acids is 1. The second kappa shape index (κ2) is 4.86. The lowest BCUT2D eigenvalue weighted by atomic mass is 9.97. The van der Waals surface area contributed by atoms with Crippen LogP contribution >= 0.6 is 0 Å². The molecule has 0 aromatic carbocycles. The first kappa shape index (κ1) is 12.3. The summed E-state index contributed by atoms with van der Waals surface area (Å²) in [7, 11) is 0. The molecule has 0 aliphatic carbocycles. The van der Waals surface area contributed by atoms with Gasteiger partial charge in [0.05, 0.1) is 6.61 Å². The van der Waals surface area contributed by atoms with Gasteiger partial charge in [0.1, 0.15) is 24.4 Å². The van der Waals surface area contributed by atoms with Crippen molar-refractivity contribution in [2.24, 2.45) is 0 Å². The molecule has 2 unspecified atom stereocenters. The number of nitrogens with one attached hydrogen (secondary N) is 1. The Bertz CT molecular complexity index is 235. The molecule has 88 valence electrons. The summed E-state index contributed by atoms with van der Waals surface area (Å²) < 4.78 is 4.81. The van der Waals surface area contributed by atoms with Crippen LogP contribution in [-0.2, 0) is 9.53 Å². The van der Waals surface area contributed by atoms with Gasteiger partial charge >= 0.3 is 0 Å². The van der Waals surface area contributed by atoms with E-state index in [1.807, 2.05) is 0 Å². The molecule has 7 heteroatoms. The molecule has 5 atom stereocenters. The summed E-state index contributed by atoms with van der Waals surface area (Å²) in [6.07, 6.45) is -5.24. The highest BCUT2D eigenvalue weighted by atomic mass is 16.6. The second-order valence-corrected chi connectivity index (χ2v) is 3.46. The average Bonchev–Trinajstić information content (AvgIpc) is 2.18. The van der Waals surface area contributed by atoms with Crippen molar-refractivity contribution in [3.8, 4) is 0 Å². The third-order valence-electron chi connectivity index (χ3n) is 2.27. The van der Waals surface area contributed by atoms with Crippen molar-refractivity contribution in [1.29, 1.82) is 0 Å². The fourth-order valence-corrected chi connectivity index (χ4v) is 1.49. The van der Waals surface area contributed by atoms with Crippen molar-refractivity contribution in [3.05, 3.63) is 0 Å². The maximum absolute atomic E-state index is 10.7. The molecule has 1 fully saturated rings.